The molecule has 3 aromatic rings. The molecule has 0 fully saturated rings. The average Bonchev–Trinajstić information content (AvgIpc) is 3.38. The van der Waals surface area contributed by atoms with E-state index in [-0.39, 0.29) is 29.2 Å². The Labute approximate surface area is 190 Å². The average molecular weight is 451 g/mol. The molecule has 0 saturated carbocycles. The number of aromatic nitrogens is 4. The number of fused-ring (bicyclic) bond motifs is 2. The molecule has 0 unspecified atom stereocenters. The molecule has 0 bridgehead atoms. The van der Waals surface area contributed by atoms with Crippen molar-refractivity contribution in [1.29, 1.82) is 0 Å². The summed E-state index contributed by atoms with van der Waals surface area (Å²) in [6.45, 7) is 7.38. The fraction of sp³-hybridized carbons (Fsp3) is 0.391. The van der Waals surface area contributed by atoms with Crippen molar-refractivity contribution in [2.45, 2.75) is 52.2 Å². The minimum atomic E-state index is -0.675. The maximum atomic E-state index is 13.1. The van der Waals surface area contributed by atoms with Gasteiger partial charge < -0.3 is 14.8 Å². The molecule has 10 nitrogen and oxygen atoms in total. The zero-order valence-corrected chi connectivity index (χ0v) is 19.1. The van der Waals surface area contributed by atoms with Gasteiger partial charge in [-0.25, -0.2) is 14.6 Å². The monoisotopic (exact) mass is 451 g/mol. The van der Waals surface area contributed by atoms with Crippen LogP contribution < -0.4 is 5.32 Å². The van der Waals surface area contributed by atoms with Gasteiger partial charge in [-0.2, -0.15) is 14.6 Å². The summed E-state index contributed by atoms with van der Waals surface area (Å²) in [6, 6.07) is 4.67. The Balaban J connectivity index is 1.61. The molecule has 0 saturated heterocycles. The van der Waals surface area contributed by atoms with E-state index in [1.807, 2.05) is 33.8 Å². The van der Waals surface area contributed by atoms with E-state index in [4.69, 9.17) is 9.47 Å². The van der Waals surface area contributed by atoms with Crippen molar-refractivity contribution in [2.75, 3.05) is 7.11 Å². The molecular formula is C23H25N5O5. The van der Waals surface area contributed by atoms with E-state index in [0.29, 0.717) is 18.4 Å². The highest BCUT2D eigenvalue weighted by molar-refractivity contribution is 5.97. The number of benzene rings is 1. The summed E-state index contributed by atoms with van der Waals surface area (Å²) >= 11 is 0. The van der Waals surface area contributed by atoms with E-state index in [1.165, 1.54) is 24.0 Å². The molecule has 0 aliphatic heterocycles. The Morgan fingerprint density at radius 1 is 1.18 bits per heavy atom. The topological polar surface area (TPSA) is 125 Å². The number of amides is 1. The number of hydrogen-bond donors (Lipinski definition) is 1. The first-order chi connectivity index (χ1) is 15.6. The zero-order valence-electron chi connectivity index (χ0n) is 19.1. The second-order valence-electron chi connectivity index (χ2n) is 8.86. The van der Waals surface area contributed by atoms with Crippen LogP contribution in [0.3, 0.4) is 0 Å². The molecule has 10 heteroatoms. The van der Waals surface area contributed by atoms with Gasteiger partial charge in [-0.15, -0.1) is 0 Å². The molecule has 1 amide bonds. The Kier molecular flexibility index (Phi) is 5.61. The van der Waals surface area contributed by atoms with E-state index >= 15 is 0 Å². The lowest BCUT2D eigenvalue weighted by Crippen LogP contribution is -2.30. The lowest BCUT2D eigenvalue weighted by Gasteiger charge is -2.21. The number of ether oxygens (including phenoxy) is 2. The third-order valence-electron chi connectivity index (χ3n) is 5.50. The Morgan fingerprint density at radius 2 is 1.94 bits per heavy atom. The lowest BCUT2D eigenvalue weighted by atomic mass is 9.97. The number of carbonyl (C=O) groups excluding carboxylic acids is 3. The fourth-order valence-corrected chi connectivity index (χ4v) is 4.00. The summed E-state index contributed by atoms with van der Waals surface area (Å²) in [5.74, 6) is -1.35. The predicted molar refractivity (Wildman–Crippen MR) is 117 cm³/mol. The van der Waals surface area contributed by atoms with Gasteiger partial charge in [0.25, 0.3) is 11.7 Å². The van der Waals surface area contributed by atoms with Gasteiger partial charge in [0.1, 0.15) is 17.6 Å². The Morgan fingerprint density at radius 3 is 2.64 bits per heavy atom. The summed E-state index contributed by atoms with van der Waals surface area (Å²) in [5, 5.41) is 7.05. The minimum absolute atomic E-state index is 0.0344. The van der Waals surface area contributed by atoms with Crippen LogP contribution in [0.4, 0.5) is 0 Å². The van der Waals surface area contributed by atoms with E-state index in [0.717, 1.165) is 16.7 Å². The van der Waals surface area contributed by atoms with E-state index in [1.54, 1.807) is 6.07 Å². The van der Waals surface area contributed by atoms with Crippen LogP contribution in [0.1, 0.15) is 81.3 Å². The lowest BCUT2D eigenvalue weighted by molar-refractivity contribution is 0.00682. The molecule has 1 aliphatic carbocycles. The van der Waals surface area contributed by atoms with Crippen molar-refractivity contribution in [1.82, 2.24) is 24.9 Å². The molecule has 172 valence electrons. The molecule has 1 aromatic carbocycles. The van der Waals surface area contributed by atoms with Gasteiger partial charge in [-0.3, -0.25) is 4.79 Å². The number of nitrogens with zero attached hydrogens (tertiary/aromatic N) is 4. The van der Waals surface area contributed by atoms with E-state index in [9.17, 15) is 14.4 Å². The van der Waals surface area contributed by atoms with E-state index < -0.39 is 17.5 Å². The van der Waals surface area contributed by atoms with Crippen molar-refractivity contribution in [3.05, 3.63) is 58.2 Å². The SMILES string of the molecule is COC(=O)c1cc(C(=O)N[C@H]2CCc3c2ccc(C(=O)OC(C)(C)C)c3C)n2ncnc2n1. The summed E-state index contributed by atoms with van der Waals surface area (Å²) in [7, 11) is 1.24. The van der Waals surface area contributed by atoms with Crippen LogP contribution in [0.25, 0.3) is 5.78 Å². The second-order valence-corrected chi connectivity index (χ2v) is 8.86. The van der Waals surface area contributed by atoms with Crippen molar-refractivity contribution in [2.24, 2.45) is 0 Å². The predicted octanol–water partition coefficient (Wildman–Crippen LogP) is 2.59. The van der Waals surface area contributed by atoms with Crippen LogP contribution in [-0.2, 0) is 15.9 Å². The largest absolute Gasteiger partial charge is 0.464 e. The Bertz CT molecular complexity index is 1270. The summed E-state index contributed by atoms with van der Waals surface area (Å²) in [5.41, 5.74) is 2.86. The zero-order chi connectivity index (χ0) is 23.9. The number of rotatable bonds is 4. The fourth-order valence-electron chi connectivity index (χ4n) is 4.00. The molecule has 2 heterocycles. The van der Waals surface area contributed by atoms with Crippen LogP contribution in [0, 0.1) is 6.92 Å². The van der Waals surface area contributed by atoms with Gasteiger partial charge in [0.15, 0.2) is 5.69 Å². The molecule has 1 N–H and O–H groups in total. The number of methoxy groups -OCH3 is 1. The first-order valence-corrected chi connectivity index (χ1v) is 10.5. The molecule has 2 aromatic heterocycles. The van der Waals surface area contributed by atoms with Gasteiger partial charge in [0, 0.05) is 6.07 Å². The highest BCUT2D eigenvalue weighted by atomic mass is 16.6. The highest BCUT2D eigenvalue weighted by Crippen LogP contribution is 2.35. The summed E-state index contributed by atoms with van der Waals surface area (Å²) < 4.78 is 11.5. The molecular weight excluding hydrogens is 426 g/mol. The first kappa shape index (κ1) is 22.4. The van der Waals surface area contributed by atoms with Crippen molar-refractivity contribution >= 4 is 23.6 Å². The smallest absolute Gasteiger partial charge is 0.356 e. The van der Waals surface area contributed by atoms with Crippen LogP contribution in [0.5, 0.6) is 0 Å². The summed E-state index contributed by atoms with van der Waals surface area (Å²) in [6.07, 6.45) is 2.65. The maximum absolute atomic E-state index is 13.1. The molecule has 0 spiro atoms. The Hall–Kier alpha value is -3.82. The first-order valence-electron chi connectivity index (χ1n) is 10.5. The van der Waals surface area contributed by atoms with Crippen LogP contribution in [-0.4, -0.2) is 50.1 Å². The van der Waals surface area contributed by atoms with Crippen molar-refractivity contribution in [3.63, 3.8) is 0 Å². The van der Waals surface area contributed by atoms with Crippen LogP contribution in [0.2, 0.25) is 0 Å². The standard InChI is InChI=1S/C23H25N5O5/c1-12-13-8-9-16(15(13)7-6-14(12)20(30)33-23(2,3)4)26-19(29)18-10-17(21(31)32-5)27-22-24-11-25-28(18)22/h6-7,10-11,16H,8-9H2,1-5H3,(H,26,29)/t16-/m0/s1. The normalized spacial score (nSPS) is 15.2. The summed E-state index contributed by atoms with van der Waals surface area (Å²) in [4.78, 5) is 45.7. The molecule has 0 radical (unpaired) electrons. The molecule has 4 rings (SSSR count). The maximum Gasteiger partial charge on any atom is 0.356 e. The van der Waals surface area contributed by atoms with Gasteiger partial charge in [-0.05, 0) is 63.3 Å². The molecule has 1 atom stereocenters. The number of hydrogen-bond acceptors (Lipinski definition) is 8. The quantitative estimate of drug-likeness (QED) is 0.600. The van der Waals surface area contributed by atoms with Crippen LogP contribution in [0.15, 0.2) is 24.5 Å². The van der Waals surface area contributed by atoms with Gasteiger partial charge in [-0.1, -0.05) is 6.07 Å². The highest BCUT2D eigenvalue weighted by Gasteiger charge is 2.30. The van der Waals surface area contributed by atoms with Crippen molar-refractivity contribution in [3.8, 4) is 0 Å². The molecule has 1 aliphatic rings. The van der Waals surface area contributed by atoms with Crippen molar-refractivity contribution < 1.29 is 23.9 Å². The van der Waals surface area contributed by atoms with Crippen LogP contribution >= 0.6 is 0 Å². The third kappa shape index (κ3) is 4.28. The minimum Gasteiger partial charge on any atom is -0.464 e. The van der Waals surface area contributed by atoms with Gasteiger partial charge >= 0.3 is 11.9 Å². The van der Waals surface area contributed by atoms with Gasteiger partial charge in [0.2, 0.25) is 0 Å². The third-order valence-corrected chi connectivity index (χ3v) is 5.50. The number of esters is 2. The molecule has 33 heavy (non-hydrogen) atoms. The second kappa shape index (κ2) is 8.27. The van der Waals surface area contributed by atoms with Gasteiger partial charge in [0.05, 0.1) is 18.7 Å². The van der Waals surface area contributed by atoms with E-state index in [2.05, 4.69) is 20.4 Å². The number of carbonyl (C=O) groups is 3. The number of nitrogens with one attached hydrogen (secondary N) is 1.